The SMILES string of the molecule is Cc1ccc(NC(=O)c2coc(C(F)(F)F)n2)cc1C(=O)N1CCOCC1. The number of carbonyl (C=O) groups excluding carboxylic acids is 2. The monoisotopic (exact) mass is 383 g/mol. The number of oxazole rings is 1. The molecule has 10 heteroatoms. The molecule has 1 N–H and O–H groups in total. The van der Waals surface area contributed by atoms with Gasteiger partial charge in [0.15, 0.2) is 5.69 Å². The maximum absolute atomic E-state index is 12.6. The number of benzene rings is 1. The molecule has 0 bridgehead atoms. The highest BCUT2D eigenvalue weighted by Gasteiger charge is 2.37. The number of nitrogens with zero attached hydrogens (tertiary/aromatic N) is 2. The zero-order valence-electron chi connectivity index (χ0n) is 14.3. The second-order valence-electron chi connectivity index (χ2n) is 5.92. The van der Waals surface area contributed by atoms with Crippen molar-refractivity contribution in [3.63, 3.8) is 0 Å². The molecule has 1 fully saturated rings. The van der Waals surface area contributed by atoms with Crippen LogP contribution in [0.1, 0.15) is 32.3 Å². The van der Waals surface area contributed by atoms with Crippen molar-refractivity contribution in [2.75, 3.05) is 31.6 Å². The molecule has 1 saturated heterocycles. The van der Waals surface area contributed by atoms with Gasteiger partial charge in [-0.15, -0.1) is 0 Å². The molecule has 1 aliphatic heterocycles. The van der Waals surface area contributed by atoms with E-state index < -0.39 is 23.7 Å². The quantitative estimate of drug-likeness (QED) is 0.881. The summed E-state index contributed by atoms with van der Waals surface area (Å²) < 4.78 is 47.0. The fourth-order valence-electron chi connectivity index (χ4n) is 2.57. The lowest BCUT2D eigenvalue weighted by Crippen LogP contribution is -2.41. The van der Waals surface area contributed by atoms with Crippen LogP contribution < -0.4 is 5.32 Å². The summed E-state index contributed by atoms with van der Waals surface area (Å²) in [5, 5.41) is 2.42. The van der Waals surface area contributed by atoms with Crippen molar-refractivity contribution in [2.24, 2.45) is 0 Å². The number of anilines is 1. The van der Waals surface area contributed by atoms with E-state index in [0.717, 1.165) is 0 Å². The molecule has 0 atom stereocenters. The molecule has 1 aliphatic rings. The predicted octanol–water partition coefficient (Wildman–Crippen LogP) is 2.73. The Morgan fingerprint density at radius 2 is 1.93 bits per heavy atom. The molecule has 2 heterocycles. The van der Waals surface area contributed by atoms with Gasteiger partial charge in [0.1, 0.15) is 6.26 Å². The molecule has 1 aromatic carbocycles. The van der Waals surface area contributed by atoms with Crippen molar-refractivity contribution in [3.8, 4) is 0 Å². The Morgan fingerprint density at radius 1 is 1.22 bits per heavy atom. The normalized spacial score (nSPS) is 14.9. The smallest absolute Gasteiger partial charge is 0.441 e. The number of morpholine rings is 1. The second kappa shape index (κ2) is 7.39. The van der Waals surface area contributed by atoms with E-state index in [4.69, 9.17) is 4.74 Å². The molecule has 0 saturated carbocycles. The third-order valence-corrected chi connectivity index (χ3v) is 4.00. The molecule has 2 amide bonds. The van der Waals surface area contributed by atoms with Crippen LogP contribution in [-0.2, 0) is 10.9 Å². The van der Waals surface area contributed by atoms with Crippen LogP contribution >= 0.6 is 0 Å². The average molecular weight is 383 g/mol. The molecular formula is C17H16F3N3O4. The van der Waals surface area contributed by atoms with Gasteiger partial charge in [0.05, 0.1) is 13.2 Å². The van der Waals surface area contributed by atoms with E-state index in [1.54, 1.807) is 24.0 Å². The lowest BCUT2D eigenvalue weighted by atomic mass is 10.1. The van der Waals surface area contributed by atoms with Crippen molar-refractivity contribution in [2.45, 2.75) is 13.1 Å². The van der Waals surface area contributed by atoms with Crippen LogP contribution in [0.4, 0.5) is 18.9 Å². The summed E-state index contributed by atoms with van der Waals surface area (Å²) in [7, 11) is 0. The molecule has 0 unspecified atom stereocenters. The highest BCUT2D eigenvalue weighted by atomic mass is 19.4. The second-order valence-corrected chi connectivity index (χ2v) is 5.92. The molecule has 1 aromatic heterocycles. The van der Waals surface area contributed by atoms with E-state index in [-0.39, 0.29) is 11.6 Å². The van der Waals surface area contributed by atoms with Crippen LogP contribution in [0.25, 0.3) is 0 Å². The van der Waals surface area contributed by atoms with Crippen molar-refractivity contribution >= 4 is 17.5 Å². The Balaban J connectivity index is 1.76. The van der Waals surface area contributed by atoms with Gasteiger partial charge in [-0.2, -0.15) is 13.2 Å². The van der Waals surface area contributed by atoms with Crippen LogP contribution in [0.3, 0.4) is 0 Å². The number of ether oxygens (including phenoxy) is 1. The van der Waals surface area contributed by atoms with E-state index in [1.807, 2.05) is 0 Å². The standard InChI is InChI=1S/C17H16F3N3O4/c1-10-2-3-11(8-12(10)15(25)23-4-6-26-7-5-23)21-14(24)13-9-27-16(22-13)17(18,19)20/h2-3,8-9H,4-7H2,1H3,(H,21,24). The van der Waals surface area contributed by atoms with Gasteiger partial charge in [-0.1, -0.05) is 6.07 Å². The first kappa shape index (κ1) is 18.9. The number of nitrogens with one attached hydrogen (secondary N) is 1. The Kier molecular flexibility index (Phi) is 5.17. The maximum Gasteiger partial charge on any atom is 0.468 e. The van der Waals surface area contributed by atoms with Gasteiger partial charge >= 0.3 is 12.1 Å². The maximum atomic E-state index is 12.6. The van der Waals surface area contributed by atoms with Crippen LogP contribution in [0.2, 0.25) is 0 Å². The first-order valence-electron chi connectivity index (χ1n) is 8.07. The highest BCUT2D eigenvalue weighted by Crippen LogP contribution is 2.28. The molecule has 2 aromatic rings. The van der Waals surface area contributed by atoms with Gasteiger partial charge in [0.2, 0.25) is 0 Å². The van der Waals surface area contributed by atoms with Gasteiger partial charge in [0, 0.05) is 24.3 Å². The largest absolute Gasteiger partial charge is 0.468 e. The van der Waals surface area contributed by atoms with E-state index >= 15 is 0 Å². The minimum absolute atomic E-state index is 0.201. The van der Waals surface area contributed by atoms with Gasteiger partial charge in [0.25, 0.3) is 11.8 Å². The molecule has 27 heavy (non-hydrogen) atoms. The number of aromatic nitrogens is 1. The van der Waals surface area contributed by atoms with Gasteiger partial charge in [-0.25, -0.2) is 4.98 Å². The Labute approximate surface area is 152 Å². The molecule has 0 spiro atoms. The van der Waals surface area contributed by atoms with Crippen LogP contribution in [0.5, 0.6) is 0 Å². The summed E-state index contributed by atoms with van der Waals surface area (Å²) >= 11 is 0. The highest BCUT2D eigenvalue weighted by molar-refractivity contribution is 6.04. The number of hydrogen-bond acceptors (Lipinski definition) is 5. The first-order chi connectivity index (χ1) is 12.8. The van der Waals surface area contributed by atoms with Gasteiger partial charge < -0.3 is 19.4 Å². The van der Waals surface area contributed by atoms with Crippen LogP contribution in [-0.4, -0.2) is 48.0 Å². The van der Waals surface area contributed by atoms with E-state index in [2.05, 4.69) is 14.7 Å². The lowest BCUT2D eigenvalue weighted by molar-refractivity contribution is -0.157. The predicted molar refractivity (Wildman–Crippen MR) is 87.4 cm³/mol. The van der Waals surface area contributed by atoms with E-state index in [9.17, 15) is 22.8 Å². The van der Waals surface area contributed by atoms with Gasteiger partial charge in [-0.05, 0) is 24.6 Å². The Hall–Kier alpha value is -2.88. The Morgan fingerprint density at radius 3 is 2.56 bits per heavy atom. The fourth-order valence-corrected chi connectivity index (χ4v) is 2.57. The minimum atomic E-state index is -4.78. The van der Waals surface area contributed by atoms with Crippen molar-refractivity contribution in [1.82, 2.24) is 9.88 Å². The summed E-state index contributed by atoms with van der Waals surface area (Å²) in [6.45, 7) is 3.60. The molecule has 3 rings (SSSR count). The first-order valence-corrected chi connectivity index (χ1v) is 8.07. The van der Waals surface area contributed by atoms with Crippen LogP contribution in [0.15, 0.2) is 28.9 Å². The summed E-state index contributed by atoms with van der Waals surface area (Å²) in [6, 6.07) is 4.68. The van der Waals surface area contributed by atoms with Crippen molar-refractivity contribution in [3.05, 3.63) is 47.2 Å². The van der Waals surface area contributed by atoms with Crippen molar-refractivity contribution in [1.29, 1.82) is 0 Å². The fraction of sp³-hybridized carbons (Fsp3) is 0.353. The Bertz CT molecular complexity index is 857. The zero-order valence-corrected chi connectivity index (χ0v) is 14.3. The lowest BCUT2D eigenvalue weighted by Gasteiger charge is -2.27. The summed E-state index contributed by atoms with van der Waals surface area (Å²) in [4.78, 5) is 29.5. The average Bonchev–Trinajstić information content (AvgIpc) is 3.14. The number of hydrogen-bond donors (Lipinski definition) is 1. The van der Waals surface area contributed by atoms with Crippen LogP contribution in [0, 0.1) is 6.92 Å². The topological polar surface area (TPSA) is 84.7 Å². The van der Waals surface area contributed by atoms with Gasteiger partial charge in [-0.3, -0.25) is 9.59 Å². The molecule has 0 radical (unpaired) electrons. The summed E-state index contributed by atoms with van der Waals surface area (Å²) in [6.07, 6.45) is -4.15. The third-order valence-electron chi connectivity index (χ3n) is 4.00. The van der Waals surface area contributed by atoms with E-state index in [0.29, 0.717) is 43.7 Å². The van der Waals surface area contributed by atoms with Crippen molar-refractivity contribution < 1.29 is 31.9 Å². The molecular weight excluding hydrogens is 367 g/mol. The summed E-state index contributed by atoms with van der Waals surface area (Å²) in [5.74, 6) is -2.57. The number of rotatable bonds is 3. The zero-order chi connectivity index (χ0) is 19.6. The third kappa shape index (κ3) is 4.27. The molecule has 0 aliphatic carbocycles. The summed E-state index contributed by atoms with van der Waals surface area (Å²) in [5.41, 5.74) is 0.860. The number of aryl methyl sites for hydroxylation is 1. The number of amides is 2. The molecule has 7 nitrogen and oxygen atoms in total. The molecule has 144 valence electrons. The van der Waals surface area contributed by atoms with E-state index in [1.165, 1.54) is 6.07 Å². The number of halogens is 3. The number of carbonyl (C=O) groups is 2. The minimum Gasteiger partial charge on any atom is -0.441 e. The number of alkyl halides is 3.